The van der Waals surface area contributed by atoms with Crippen LogP contribution in [-0.4, -0.2) is 43.8 Å². The van der Waals surface area contributed by atoms with Gasteiger partial charge in [-0.3, -0.25) is 4.90 Å². The van der Waals surface area contributed by atoms with Gasteiger partial charge < -0.3 is 9.47 Å². The molecule has 0 aromatic carbocycles. The summed E-state index contributed by atoms with van der Waals surface area (Å²) in [5, 5.41) is 0. The Morgan fingerprint density at radius 2 is 1.80 bits per heavy atom. The van der Waals surface area contributed by atoms with Crippen molar-refractivity contribution in [3.8, 4) is 0 Å². The molecule has 15 heavy (non-hydrogen) atoms. The molecule has 0 aromatic heterocycles. The van der Waals surface area contributed by atoms with Gasteiger partial charge in [0, 0.05) is 12.2 Å². The maximum atomic E-state index is 10.9. The molecule has 0 spiro atoms. The molecule has 1 atom stereocenters. The number of carbonyl (C=O) groups excluding carboxylic acids is 2. The summed E-state index contributed by atoms with van der Waals surface area (Å²) in [4.78, 5) is 23.3. The van der Waals surface area contributed by atoms with Crippen LogP contribution in [0.3, 0.4) is 0 Å². The Bertz CT molecular complexity index is 260. The largest absolute Gasteiger partial charge is 0.457 e. The molecule has 0 rings (SSSR count). The van der Waals surface area contributed by atoms with Crippen LogP contribution in [-0.2, 0) is 19.1 Å². The van der Waals surface area contributed by atoms with E-state index in [9.17, 15) is 9.59 Å². The number of likely N-dealkylation sites (N-methyl/N-ethyl adjacent to an activating group) is 1. The molecule has 0 aliphatic rings. The third kappa shape index (κ3) is 5.64. The van der Waals surface area contributed by atoms with Crippen LogP contribution in [0.25, 0.3) is 0 Å². The molecular formula is C10H15NO4. The van der Waals surface area contributed by atoms with Gasteiger partial charge in [-0.25, -0.2) is 9.59 Å². The number of nitrogens with zero attached hydrogens (tertiary/aromatic N) is 1. The van der Waals surface area contributed by atoms with E-state index in [-0.39, 0.29) is 6.61 Å². The number of hydrogen-bond acceptors (Lipinski definition) is 5. The fraction of sp³-hybridized carbons (Fsp3) is 0.400. The van der Waals surface area contributed by atoms with E-state index in [2.05, 4.69) is 13.2 Å². The normalized spacial score (nSPS) is 11.7. The molecule has 0 N–H and O–H groups in total. The van der Waals surface area contributed by atoms with E-state index < -0.39 is 18.2 Å². The van der Waals surface area contributed by atoms with E-state index in [1.54, 1.807) is 19.0 Å². The minimum absolute atomic E-state index is 0.0442. The van der Waals surface area contributed by atoms with Crippen molar-refractivity contribution in [3.05, 3.63) is 25.3 Å². The maximum absolute atomic E-state index is 10.9. The van der Waals surface area contributed by atoms with Crippen molar-refractivity contribution in [2.45, 2.75) is 6.23 Å². The van der Waals surface area contributed by atoms with Gasteiger partial charge in [-0.15, -0.1) is 0 Å². The average molecular weight is 213 g/mol. The van der Waals surface area contributed by atoms with Crippen molar-refractivity contribution < 1.29 is 19.1 Å². The summed E-state index contributed by atoms with van der Waals surface area (Å²) in [6.07, 6.45) is 1.47. The second kappa shape index (κ2) is 6.78. The second-order valence-electron chi connectivity index (χ2n) is 2.89. The van der Waals surface area contributed by atoms with Gasteiger partial charge in [0.25, 0.3) is 0 Å². The van der Waals surface area contributed by atoms with Gasteiger partial charge in [-0.1, -0.05) is 13.2 Å². The Labute approximate surface area is 89.0 Å². The molecule has 5 heteroatoms. The summed E-state index contributed by atoms with van der Waals surface area (Å²) in [5.74, 6) is -1.13. The summed E-state index contributed by atoms with van der Waals surface area (Å²) in [7, 11) is 3.39. The Balaban J connectivity index is 4.16. The molecule has 0 bridgehead atoms. The second-order valence-corrected chi connectivity index (χ2v) is 2.89. The molecule has 0 aromatic rings. The smallest absolute Gasteiger partial charge is 0.331 e. The fourth-order valence-electron chi connectivity index (χ4n) is 0.683. The lowest BCUT2D eigenvalue weighted by Crippen LogP contribution is -2.37. The lowest BCUT2D eigenvalue weighted by Gasteiger charge is -2.22. The van der Waals surface area contributed by atoms with E-state index in [0.717, 1.165) is 12.2 Å². The van der Waals surface area contributed by atoms with Gasteiger partial charge in [0.05, 0.1) is 0 Å². The number of rotatable bonds is 6. The van der Waals surface area contributed by atoms with Gasteiger partial charge in [0.2, 0.25) is 0 Å². The minimum atomic E-state index is -0.626. The van der Waals surface area contributed by atoms with Gasteiger partial charge >= 0.3 is 11.9 Å². The molecule has 0 saturated carbocycles. The molecule has 84 valence electrons. The number of esters is 2. The zero-order chi connectivity index (χ0) is 11.8. The molecule has 0 heterocycles. The zero-order valence-corrected chi connectivity index (χ0v) is 8.93. The first kappa shape index (κ1) is 13.4. The maximum Gasteiger partial charge on any atom is 0.331 e. The lowest BCUT2D eigenvalue weighted by molar-refractivity contribution is -0.162. The Morgan fingerprint density at radius 3 is 2.20 bits per heavy atom. The predicted molar refractivity (Wildman–Crippen MR) is 54.9 cm³/mol. The summed E-state index contributed by atoms with van der Waals surface area (Å²) >= 11 is 0. The van der Waals surface area contributed by atoms with Crippen LogP contribution in [0, 0.1) is 0 Å². The Hall–Kier alpha value is -1.62. The molecule has 0 aliphatic heterocycles. The fourth-order valence-corrected chi connectivity index (χ4v) is 0.683. The summed E-state index contributed by atoms with van der Waals surface area (Å²) in [5.41, 5.74) is 0. The third-order valence-electron chi connectivity index (χ3n) is 1.53. The van der Waals surface area contributed by atoms with Crippen LogP contribution < -0.4 is 0 Å². The first-order valence-corrected chi connectivity index (χ1v) is 4.30. The van der Waals surface area contributed by atoms with Crippen molar-refractivity contribution in [2.75, 3.05) is 20.7 Å². The van der Waals surface area contributed by atoms with Crippen molar-refractivity contribution in [2.24, 2.45) is 0 Å². The standard InChI is InChI=1S/C10H15NO4/c1-5-9(12)14-7-8(11(3)4)15-10(13)6-2/h5-6,8H,1-2,7H2,3-4H3. The highest BCUT2D eigenvalue weighted by molar-refractivity contribution is 5.82. The topological polar surface area (TPSA) is 55.8 Å². The van der Waals surface area contributed by atoms with Crippen LogP contribution in [0.15, 0.2) is 25.3 Å². The number of carbonyl (C=O) groups is 2. The highest BCUT2D eigenvalue weighted by Gasteiger charge is 2.16. The van der Waals surface area contributed by atoms with E-state index in [4.69, 9.17) is 9.47 Å². The third-order valence-corrected chi connectivity index (χ3v) is 1.53. The van der Waals surface area contributed by atoms with Crippen LogP contribution >= 0.6 is 0 Å². The molecule has 1 unspecified atom stereocenters. The SMILES string of the molecule is C=CC(=O)OCC(OC(=O)C=C)N(C)C. The van der Waals surface area contributed by atoms with Gasteiger partial charge in [0.15, 0.2) is 6.23 Å². The molecule has 0 aliphatic carbocycles. The summed E-state index contributed by atoms with van der Waals surface area (Å²) in [6.45, 7) is 6.47. The highest BCUT2D eigenvalue weighted by atomic mass is 16.6. The summed E-state index contributed by atoms with van der Waals surface area (Å²) < 4.78 is 9.66. The molecule has 0 radical (unpaired) electrons. The zero-order valence-electron chi connectivity index (χ0n) is 8.93. The molecular weight excluding hydrogens is 198 g/mol. The Kier molecular flexibility index (Phi) is 6.05. The van der Waals surface area contributed by atoms with Gasteiger partial charge in [-0.2, -0.15) is 0 Å². The first-order valence-electron chi connectivity index (χ1n) is 4.30. The van der Waals surface area contributed by atoms with Gasteiger partial charge in [-0.05, 0) is 14.1 Å². The van der Waals surface area contributed by atoms with Crippen LogP contribution in [0.1, 0.15) is 0 Å². The molecule has 0 amide bonds. The van der Waals surface area contributed by atoms with E-state index in [0.29, 0.717) is 0 Å². The lowest BCUT2D eigenvalue weighted by atomic mass is 10.5. The molecule has 5 nitrogen and oxygen atoms in total. The predicted octanol–water partition coefficient (Wildman–Crippen LogP) is 0.332. The van der Waals surface area contributed by atoms with Crippen molar-refractivity contribution in [1.82, 2.24) is 4.90 Å². The number of hydrogen-bond donors (Lipinski definition) is 0. The molecule has 0 fully saturated rings. The van der Waals surface area contributed by atoms with E-state index in [1.165, 1.54) is 0 Å². The van der Waals surface area contributed by atoms with Crippen molar-refractivity contribution >= 4 is 11.9 Å². The van der Waals surface area contributed by atoms with Crippen LogP contribution in [0.4, 0.5) is 0 Å². The van der Waals surface area contributed by atoms with Gasteiger partial charge in [0.1, 0.15) is 6.61 Å². The Morgan fingerprint density at radius 1 is 1.27 bits per heavy atom. The summed E-state index contributed by atoms with van der Waals surface area (Å²) in [6, 6.07) is 0. The monoisotopic (exact) mass is 213 g/mol. The van der Waals surface area contributed by atoms with Crippen LogP contribution in [0.2, 0.25) is 0 Å². The highest BCUT2D eigenvalue weighted by Crippen LogP contribution is 1.99. The van der Waals surface area contributed by atoms with Crippen molar-refractivity contribution in [3.63, 3.8) is 0 Å². The van der Waals surface area contributed by atoms with E-state index >= 15 is 0 Å². The minimum Gasteiger partial charge on any atom is -0.457 e. The quantitative estimate of drug-likeness (QED) is 0.361. The van der Waals surface area contributed by atoms with E-state index in [1.807, 2.05) is 0 Å². The first-order chi connectivity index (χ1) is 7.01. The number of ether oxygens (including phenoxy) is 2. The van der Waals surface area contributed by atoms with Crippen LogP contribution in [0.5, 0.6) is 0 Å². The van der Waals surface area contributed by atoms with Crippen molar-refractivity contribution in [1.29, 1.82) is 0 Å². The molecule has 0 saturated heterocycles. The average Bonchev–Trinajstić information content (AvgIpc) is 2.22.